The predicted octanol–water partition coefficient (Wildman–Crippen LogP) is 2.84. The first-order chi connectivity index (χ1) is 6.62. The zero-order valence-electron chi connectivity index (χ0n) is 9.29. The van der Waals surface area contributed by atoms with Crippen molar-refractivity contribution >= 4 is 0 Å². The van der Waals surface area contributed by atoms with Gasteiger partial charge in [0.25, 0.3) is 0 Å². The second-order valence-electron chi connectivity index (χ2n) is 3.32. The number of allylic oxidation sites excluding steroid dienone is 3. The fourth-order valence-corrected chi connectivity index (χ4v) is 0.670. The molecule has 0 aliphatic carbocycles. The lowest BCUT2D eigenvalue weighted by Gasteiger charge is -2.21. The minimum atomic E-state index is -0.670. The molecule has 3 nitrogen and oxygen atoms in total. The third-order valence-corrected chi connectivity index (χ3v) is 1.62. The first-order valence-corrected chi connectivity index (χ1v) is 4.76. The van der Waals surface area contributed by atoms with Crippen LogP contribution in [0.5, 0.6) is 0 Å². The second-order valence-corrected chi connectivity index (χ2v) is 3.32. The Balaban J connectivity index is 3.29. The molecular formula is C11H20O3. The van der Waals surface area contributed by atoms with E-state index < -0.39 is 5.79 Å². The number of rotatable bonds is 8. The molecule has 82 valence electrons. The predicted molar refractivity (Wildman–Crippen MR) is 56.7 cm³/mol. The Morgan fingerprint density at radius 3 is 2.64 bits per heavy atom. The van der Waals surface area contributed by atoms with Gasteiger partial charge in [0.15, 0.2) is 5.79 Å². The summed E-state index contributed by atoms with van der Waals surface area (Å²) in [4.78, 5) is 10.0. The van der Waals surface area contributed by atoms with Gasteiger partial charge in [-0.2, -0.15) is 0 Å². The van der Waals surface area contributed by atoms with Crippen molar-refractivity contribution < 1.29 is 14.5 Å². The highest BCUT2D eigenvalue weighted by molar-refractivity contribution is 4.96. The molecule has 0 fully saturated rings. The van der Waals surface area contributed by atoms with Crippen molar-refractivity contribution in [3.63, 3.8) is 0 Å². The highest BCUT2D eigenvalue weighted by Crippen LogP contribution is 2.09. The normalized spacial score (nSPS) is 12.2. The van der Waals surface area contributed by atoms with Gasteiger partial charge in [-0.15, -0.1) is 0 Å². The molecule has 14 heavy (non-hydrogen) atoms. The molecule has 0 bridgehead atoms. The maximum Gasteiger partial charge on any atom is 0.195 e. The summed E-state index contributed by atoms with van der Waals surface area (Å²) in [6.07, 6.45) is 7.59. The molecule has 0 aliphatic heterocycles. The summed E-state index contributed by atoms with van der Waals surface area (Å²) in [6.45, 7) is 7.73. The van der Waals surface area contributed by atoms with Crippen LogP contribution < -0.4 is 0 Å². The van der Waals surface area contributed by atoms with E-state index in [1.165, 1.54) is 0 Å². The summed E-state index contributed by atoms with van der Waals surface area (Å²) in [5.74, 6) is -0.670. The zero-order valence-corrected chi connectivity index (χ0v) is 9.29. The number of ether oxygens (including phenoxy) is 1. The SMILES string of the molecule is C=C/C=C/CCCOOC(C)(C)OC. The molecule has 0 radical (unpaired) electrons. The third kappa shape index (κ3) is 7.98. The molecule has 0 saturated carbocycles. The van der Waals surface area contributed by atoms with Gasteiger partial charge in [-0.1, -0.05) is 24.8 Å². The van der Waals surface area contributed by atoms with E-state index in [0.29, 0.717) is 6.61 Å². The van der Waals surface area contributed by atoms with Crippen LogP contribution in [0.3, 0.4) is 0 Å². The Kier molecular flexibility index (Phi) is 7.38. The molecule has 0 saturated heterocycles. The van der Waals surface area contributed by atoms with Gasteiger partial charge in [0.05, 0.1) is 6.61 Å². The van der Waals surface area contributed by atoms with Crippen LogP contribution in [0.15, 0.2) is 24.8 Å². The average Bonchev–Trinajstić information content (AvgIpc) is 2.16. The Morgan fingerprint density at radius 2 is 2.07 bits per heavy atom. The highest BCUT2D eigenvalue weighted by atomic mass is 17.2. The van der Waals surface area contributed by atoms with E-state index in [0.717, 1.165) is 12.8 Å². The van der Waals surface area contributed by atoms with E-state index in [-0.39, 0.29) is 0 Å². The zero-order chi connectivity index (χ0) is 10.9. The van der Waals surface area contributed by atoms with Gasteiger partial charge in [0.2, 0.25) is 0 Å². The van der Waals surface area contributed by atoms with Crippen molar-refractivity contribution in [3.8, 4) is 0 Å². The van der Waals surface area contributed by atoms with Gasteiger partial charge in [0.1, 0.15) is 0 Å². The molecular weight excluding hydrogens is 180 g/mol. The number of methoxy groups -OCH3 is 1. The van der Waals surface area contributed by atoms with E-state index in [1.54, 1.807) is 27.0 Å². The van der Waals surface area contributed by atoms with Crippen LogP contribution in [0.4, 0.5) is 0 Å². The molecule has 0 aromatic carbocycles. The van der Waals surface area contributed by atoms with Crippen LogP contribution in [0.1, 0.15) is 26.7 Å². The second kappa shape index (κ2) is 7.74. The standard InChI is InChI=1S/C11H20O3/c1-5-6-7-8-9-10-13-14-11(2,3)12-4/h5-7H,1,8-10H2,2-4H3/b7-6+. The first kappa shape index (κ1) is 13.4. The van der Waals surface area contributed by atoms with Crippen LogP contribution in [-0.4, -0.2) is 19.5 Å². The van der Waals surface area contributed by atoms with Gasteiger partial charge in [-0.05, 0) is 26.7 Å². The van der Waals surface area contributed by atoms with E-state index in [4.69, 9.17) is 14.5 Å². The minimum Gasteiger partial charge on any atom is -0.351 e. The molecule has 0 spiro atoms. The Morgan fingerprint density at radius 1 is 1.36 bits per heavy atom. The van der Waals surface area contributed by atoms with Crippen LogP contribution in [0, 0.1) is 0 Å². The van der Waals surface area contributed by atoms with E-state index in [9.17, 15) is 0 Å². The molecule has 0 aliphatic rings. The molecule has 0 aromatic rings. The molecule has 0 rings (SSSR count). The van der Waals surface area contributed by atoms with Crippen molar-refractivity contribution in [2.75, 3.05) is 13.7 Å². The summed E-state index contributed by atoms with van der Waals surface area (Å²) in [5, 5.41) is 0. The average molecular weight is 200 g/mol. The lowest BCUT2D eigenvalue weighted by molar-refractivity contribution is -0.413. The molecule has 0 unspecified atom stereocenters. The monoisotopic (exact) mass is 200 g/mol. The largest absolute Gasteiger partial charge is 0.351 e. The molecule has 3 heteroatoms. The fraction of sp³-hybridized carbons (Fsp3) is 0.636. The van der Waals surface area contributed by atoms with Gasteiger partial charge in [-0.3, -0.25) is 0 Å². The highest BCUT2D eigenvalue weighted by Gasteiger charge is 2.17. The summed E-state index contributed by atoms with van der Waals surface area (Å²) in [6, 6.07) is 0. The van der Waals surface area contributed by atoms with E-state index in [2.05, 4.69) is 6.58 Å². The Bertz CT molecular complexity index is 173. The van der Waals surface area contributed by atoms with E-state index in [1.807, 2.05) is 12.2 Å². The van der Waals surface area contributed by atoms with Crippen molar-refractivity contribution in [3.05, 3.63) is 24.8 Å². The third-order valence-electron chi connectivity index (χ3n) is 1.62. The first-order valence-electron chi connectivity index (χ1n) is 4.76. The molecule has 0 N–H and O–H groups in total. The molecule has 0 heterocycles. The lowest BCUT2D eigenvalue weighted by Crippen LogP contribution is -2.26. The van der Waals surface area contributed by atoms with Crippen LogP contribution in [-0.2, 0) is 14.5 Å². The Labute approximate surface area is 86.3 Å². The molecule has 0 atom stereocenters. The van der Waals surface area contributed by atoms with Crippen LogP contribution >= 0.6 is 0 Å². The van der Waals surface area contributed by atoms with Crippen molar-refractivity contribution in [1.82, 2.24) is 0 Å². The van der Waals surface area contributed by atoms with Crippen molar-refractivity contribution in [1.29, 1.82) is 0 Å². The Hall–Kier alpha value is -0.640. The van der Waals surface area contributed by atoms with Gasteiger partial charge >= 0.3 is 0 Å². The number of unbranched alkanes of at least 4 members (excludes halogenated alkanes) is 1. The van der Waals surface area contributed by atoms with Crippen molar-refractivity contribution in [2.45, 2.75) is 32.5 Å². The van der Waals surface area contributed by atoms with Crippen LogP contribution in [0.25, 0.3) is 0 Å². The van der Waals surface area contributed by atoms with Gasteiger partial charge < -0.3 is 4.74 Å². The fourth-order valence-electron chi connectivity index (χ4n) is 0.670. The quantitative estimate of drug-likeness (QED) is 0.198. The summed E-state index contributed by atoms with van der Waals surface area (Å²) >= 11 is 0. The smallest absolute Gasteiger partial charge is 0.195 e. The van der Waals surface area contributed by atoms with Gasteiger partial charge in [-0.25, -0.2) is 9.78 Å². The molecule has 0 amide bonds. The lowest BCUT2D eigenvalue weighted by atomic mass is 10.3. The minimum absolute atomic E-state index is 0.564. The maximum absolute atomic E-state index is 5.02. The van der Waals surface area contributed by atoms with Crippen molar-refractivity contribution in [2.24, 2.45) is 0 Å². The maximum atomic E-state index is 5.02. The molecule has 0 aromatic heterocycles. The van der Waals surface area contributed by atoms with Gasteiger partial charge in [0, 0.05) is 7.11 Å². The number of hydrogen-bond donors (Lipinski definition) is 0. The number of hydrogen-bond acceptors (Lipinski definition) is 3. The van der Waals surface area contributed by atoms with Crippen LogP contribution in [0.2, 0.25) is 0 Å². The summed E-state index contributed by atoms with van der Waals surface area (Å²) in [5.41, 5.74) is 0. The topological polar surface area (TPSA) is 27.7 Å². The van der Waals surface area contributed by atoms with E-state index >= 15 is 0 Å². The summed E-state index contributed by atoms with van der Waals surface area (Å²) < 4.78 is 5.01. The summed E-state index contributed by atoms with van der Waals surface area (Å²) in [7, 11) is 1.58.